The third kappa shape index (κ3) is 6.05. The highest BCUT2D eigenvalue weighted by molar-refractivity contribution is 7.10. The highest BCUT2D eigenvalue weighted by Gasteiger charge is 2.18. The molecule has 1 atom stereocenters. The van der Waals surface area contributed by atoms with E-state index in [2.05, 4.69) is 11.4 Å². The number of ether oxygens (including phenoxy) is 1. The van der Waals surface area contributed by atoms with Crippen molar-refractivity contribution >= 4 is 34.6 Å². The predicted octanol–water partition coefficient (Wildman–Crippen LogP) is 4.58. The minimum absolute atomic E-state index is 0.240. The molecule has 0 aliphatic rings. The van der Waals surface area contributed by atoms with E-state index >= 15 is 0 Å². The quantitative estimate of drug-likeness (QED) is 0.536. The van der Waals surface area contributed by atoms with Gasteiger partial charge in [-0.2, -0.15) is 0 Å². The van der Waals surface area contributed by atoms with E-state index in [-0.39, 0.29) is 24.5 Å². The van der Waals surface area contributed by atoms with Crippen molar-refractivity contribution < 1.29 is 14.3 Å². The first-order valence-electron chi connectivity index (χ1n) is 8.78. The molecule has 1 N–H and O–H groups in total. The molecule has 0 bridgehead atoms. The van der Waals surface area contributed by atoms with Crippen molar-refractivity contribution in [2.75, 3.05) is 6.61 Å². The summed E-state index contributed by atoms with van der Waals surface area (Å²) in [6.07, 6.45) is 1.90. The zero-order valence-corrected chi connectivity index (χ0v) is 16.4. The molecule has 6 heteroatoms. The number of nitrogens with one attached hydrogen (secondary N) is 1. The van der Waals surface area contributed by atoms with Crippen LogP contribution in [0.5, 0.6) is 0 Å². The number of benzene rings is 1. The molecule has 27 heavy (non-hydrogen) atoms. The molecular formula is C21H21NO3S2. The average Bonchev–Trinajstić information content (AvgIpc) is 3.39. The smallest absolute Gasteiger partial charge is 0.306 e. The van der Waals surface area contributed by atoms with Crippen LogP contribution in [0.2, 0.25) is 0 Å². The van der Waals surface area contributed by atoms with Gasteiger partial charge in [-0.3, -0.25) is 9.59 Å². The summed E-state index contributed by atoms with van der Waals surface area (Å²) in [6.45, 7) is -0.257. The van der Waals surface area contributed by atoms with Crippen LogP contribution in [0.1, 0.15) is 34.2 Å². The molecular weight excluding hydrogens is 378 g/mol. The molecule has 1 unspecified atom stereocenters. The second-order valence-corrected chi connectivity index (χ2v) is 8.03. The molecule has 4 nitrogen and oxygen atoms in total. The molecule has 0 aliphatic heterocycles. The molecule has 1 aromatic carbocycles. The molecule has 0 saturated heterocycles. The van der Waals surface area contributed by atoms with Crippen LogP contribution in [0.3, 0.4) is 0 Å². The van der Waals surface area contributed by atoms with Crippen LogP contribution in [0.25, 0.3) is 0 Å². The van der Waals surface area contributed by atoms with Crippen LogP contribution in [-0.4, -0.2) is 18.5 Å². The lowest BCUT2D eigenvalue weighted by Gasteiger charge is -2.18. The Balaban J connectivity index is 1.47. The van der Waals surface area contributed by atoms with Gasteiger partial charge in [0, 0.05) is 16.2 Å². The number of aryl methyl sites for hydroxylation is 1. The largest absolute Gasteiger partial charge is 0.456 e. The molecule has 0 fully saturated rings. The Labute approximate surface area is 166 Å². The summed E-state index contributed by atoms with van der Waals surface area (Å²) in [6, 6.07) is 17.5. The minimum atomic E-state index is -0.339. The Bertz CT molecular complexity index is 830. The van der Waals surface area contributed by atoms with E-state index in [1.54, 1.807) is 22.7 Å². The van der Waals surface area contributed by atoms with Crippen molar-refractivity contribution in [3.8, 4) is 0 Å². The summed E-state index contributed by atoms with van der Waals surface area (Å²) in [5, 5.41) is 6.97. The normalized spacial score (nSPS) is 11.7. The van der Waals surface area contributed by atoms with Crippen LogP contribution >= 0.6 is 22.7 Å². The van der Waals surface area contributed by atoms with Crippen LogP contribution < -0.4 is 5.32 Å². The van der Waals surface area contributed by atoms with Gasteiger partial charge in [-0.15, -0.1) is 22.7 Å². The lowest BCUT2D eigenvalue weighted by Crippen LogP contribution is -2.32. The number of carbonyl (C=O) groups excluding carboxylic acids is 2. The Morgan fingerprint density at radius 3 is 2.44 bits per heavy atom. The fourth-order valence-corrected chi connectivity index (χ4v) is 4.26. The lowest BCUT2D eigenvalue weighted by atomic mass is 10.1. The Morgan fingerprint density at radius 2 is 1.74 bits per heavy atom. The second kappa shape index (κ2) is 10.0. The average molecular weight is 400 g/mol. The molecule has 0 aliphatic carbocycles. The molecule has 0 spiro atoms. The highest BCUT2D eigenvalue weighted by atomic mass is 32.1. The number of rotatable bonds is 9. The van der Waals surface area contributed by atoms with Gasteiger partial charge >= 0.3 is 5.97 Å². The summed E-state index contributed by atoms with van der Waals surface area (Å²) in [7, 11) is 0. The van der Waals surface area contributed by atoms with Crippen molar-refractivity contribution in [2.45, 2.75) is 25.3 Å². The van der Waals surface area contributed by atoms with Crippen molar-refractivity contribution in [1.82, 2.24) is 5.32 Å². The number of thiophene rings is 2. The van der Waals surface area contributed by atoms with Crippen LogP contribution in [0.15, 0.2) is 65.4 Å². The first kappa shape index (κ1) is 19.3. The van der Waals surface area contributed by atoms with Gasteiger partial charge in [0.25, 0.3) is 5.91 Å². The van der Waals surface area contributed by atoms with E-state index in [0.29, 0.717) is 6.42 Å². The fraction of sp³-hybridized carbons (Fsp3) is 0.238. The van der Waals surface area contributed by atoms with Crippen LogP contribution in [-0.2, 0) is 20.7 Å². The van der Waals surface area contributed by atoms with E-state index < -0.39 is 0 Å². The molecule has 0 radical (unpaired) electrons. The van der Waals surface area contributed by atoms with E-state index in [4.69, 9.17) is 4.74 Å². The number of carbonyl (C=O) groups is 2. The first-order chi connectivity index (χ1) is 13.2. The maximum Gasteiger partial charge on any atom is 0.306 e. The van der Waals surface area contributed by atoms with Gasteiger partial charge in [-0.05, 0) is 41.3 Å². The van der Waals surface area contributed by atoms with Gasteiger partial charge in [-0.25, -0.2) is 0 Å². The van der Waals surface area contributed by atoms with Crippen molar-refractivity contribution in [1.29, 1.82) is 0 Å². The third-order valence-corrected chi connectivity index (χ3v) is 5.89. The molecule has 140 valence electrons. The maximum absolute atomic E-state index is 12.3. The third-order valence-electron chi connectivity index (χ3n) is 4.01. The molecule has 1 amide bonds. The SMILES string of the molecule is O=C(COC(=O)CCCc1cccs1)NC(c1ccccc1)c1cccs1. The lowest BCUT2D eigenvalue weighted by molar-refractivity contribution is -0.148. The Hall–Kier alpha value is -2.44. The Morgan fingerprint density at radius 1 is 0.963 bits per heavy atom. The van der Waals surface area contributed by atoms with Crippen molar-refractivity contribution in [2.24, 2.45) is 0 Å². The number of amides is 1. The van der Waals surface area contributed by atoms with Crippen LogP contribution in [0.4, 0.5) is 0 Å². The monoisotopic (exact) mass is 399 g/mol. The zero-order chi connectivity index (χ0) is 18.9. The molecule has 0 saturated carbocycles. The van der Waals surface area contributed by atoms with Crippen molar-refractivity contribution in [3.63, 3.8) is 0 Å². The van der Waals surface area contributed by atoms with Gasteiger partial charge in [0.05, 0.1) is 6.04 Å². The van der Waals surface area contributed by atoms with Crippen molar-refractivity contribution in [3.05, 3.63) is 80.7 Å². The maximum atomic E-state index is 12.3. The topological polar surface area (TPSA) is 55.4 Å². The number of esters is 1. The first-order valence-corrected chi connectivity index (χ1v) is 10.5. The van der Waals surface area contributed by atoms with Gasteiger partial charge in [0.1, 0.15) is 0 Å². The van der Waals surface area contributed by atoms with Gasteiger partial charge in [0.2, 0.25) is 0 Å². The Kier molecular flexibility index (Phi) is 7.19. The van der Waals surface area contributed by atoms with E-state index in [9.17, 15) is 9.59 Å². The van der Waals surface area contributed by atoms with E-state index in [1.165, 1.54) is 4.88 Å². The number of hydrogen-bond donors (Lipinski definition) is 1. The van der Waals surface area contributed by atoms with Crippen LogP contribution in [0, 0.1) is 0 Å². The summed E-state index contributed by atoms with van der Waals surface area (Å²) < 4.78 is 5.13. The van der Waals surface area contributed by atoms with Gasteiger partial charge < -0.3 is 10.1 Å². The molecule has 2 aromatic heterocycles. The van der Waals surface area contributed by atoms with Gasteiger partial charge in [0.15, 0.2) is 6.61 Å². The van der Waals surface area contributed by atoms with E-state index in [0.717, 1.165) is 23.3 Å². The van der Waals surface area contributed by atoms with E-state index in [1.807, 2.05) is 59.3 Å². The van der Waals surface area contributed by atoms with Gasteiger partial charge in [-0.1, -0.05) is 42.5 Å². The minimum Gasteiger partial charge on any atom is -0.456 e. The summed E-state index contributed by atoms with van der Waals surface area (Å²) in [5.41, 5.74) is 0.996. The molecule has 3 aromatic rings. The summed E-state index contributed by atoms with van der Waals surface area (Å²) in [4.78, 5) is 26.5. The second-order valence-electron chi connectivity index (χ2n) is 6.02. The molecule has 3 rings (SSSR count). The highest BCUT2D eigenvalue weighted by Crippen LogP contribution is 2.25. The zero-order valence-electron chi connectivity index (χ0n) is 14.8. The number of hydrogen-bond acceptors (Lipinski definition) is 5. The summed E-state index contributed by atoms with van der Waals surface area (Å²) >= 11 is 3.26. The predicted molar refractivity (Wildman–Crippen MR) is 109 cm³/mol. The summed E-state index contributed by atoms with van der Waals surface area (Å²) in [5.74, 6) is -0.641. The standard InChI is InChI=1S/C21H21NO3S2/c23-19(15-25-20(24)12-4-9-17-10-5-13-26-17)22-21(18-11-6-14-27-18)16-7-2-1-3-8-16/h1-3,5-8,10-11,13-14,21H,4,9,12,15H2,(H,22,23). The molecule has 2 heterocycles. The fourth-order valence-electron chi connectivity index (χ4n) is 2.70.